The predicted molar refractivity (Wildman–Crippen MR) is 108 cm³/mol. The van der Waals surface area contributed by atoms with Crippen molar-refractivity contribution in [3.8, 4) is 0 Å². The fourth-order valence-electron chi connectivity index (χ4n) is 3.39. The summed E-state index contributed by atoms with van der Waals surface area (Å²) in [6.07, 6.45) is 0.864. The van der Waals surface area contributed by atoms with Crippen molar-refractivity contribution in [3.63, 3.8) is 0 Å². The molecule has 0 saturated carbocycles. The Morgan fingerprint density at radius 1 is 1.04 bits per heavy atom. The maximum atomic E-state index is 5.96. The number of aromatic amines is 1. The van der Waals surface area contributed by atoms with Gasteiger partial charge in [-0.1, -0.05) is 41.9 Å². The third-order valence-electron chi connectivity index (χ3n) is 4.73. The topological polar surface area (TPSA) is 69.7 Å². The lowest BCUT2D eigenvalue weighted by Gasteiger charge is -2.27. The molecule has 0 spiro atoms. The highest BCUT2D eigenvalue weighted by molar-refractivity contribution is 6.30. The summed E-state index contributed by atoms with van der Waals surface area (Å²) in [5, 5.41) is 12.5. The first-order chi connectivity index (χ1) is 13.3. The number of halogens is 1. The molecule has 134 valence electrons. The van der Waals surface area contributed by atoms with Gasteiger partial charge in [0.2, 0.25) is 5.95 Å². The van der Waals surface area contributed by atoms with Crippen LogP contribution in [0.25, 0.3) is 11.0 Å². The Morgan fingerprint density at radius 3 is 2.67 bits per heavy atom. The first-order valence-electron chi connectivity index (χ1n) is 8.84. The largest absolute Gasteiger partial charge is 0.350 e. The molecular formula is C20H17ClN6. The first-order valence-corrected chi connectivity index (χ1v) is 9.21. The maximum Gasteiger partial charge on any atom is 0.227 e. The number of H-pyrrole nitrogens is 1. The summed E-state index contributed by atoms with van der Waals surface area (Å²) in [4.78, 5) is 11.6. The van der Waals surface area contributed by atoms with Gasteiger partial charge in [0.15, 0.2) is 5.65 Å². The van der Waals surface area contributed by atoms with Crippen LogP contribution in [-0.4, -0.2) is 26.7 Å². The Labute approximate surface area is 161 Å². The molecule has 0 saturated heterocycles. The van der Waals surface area contributed by atoms with Gasteiger partial charge in [-0.25, -0.2) is 0 Å². The predicted octanol–water partition coefficient (Wildman–Crippen LogP) is 4.31. The standard InChI is InChI=1S/C20H17ClN6/c21-14-8-6-13(7-9-14)12-22-20-23-18-17-16(25-26-18)10-11-27(19(17)24-20)15-4-2-1-3-5-15/h1-9H,10-12H2,(H2,22,23,24,25,26). The minimum atomic E-state index is 0.575. The molecule has 0 unspecified atom stereocenters. The van der Waals surface area contributed by atoms with Gasteiger partial charge in [-0.15, -0.1) is 0 Å². The Hall–Kier alpha value is -3.12. The van der Waals surface area contributed by atoms with E-state index in [2.05, 4.69) is 37.5 Å². The zero-order valence-electron chi connectivity index (χ0n) is 14.5. The molecule has 2 aromatic carbocycles. The minimum absolute atomic E-state index is 0.575. The van der Waals surface area contributed by atoms with E-state index in [0.29, 0.717) is 12.5 Å². The molecule has 2 aromatic heterocycles. The molecule has 7 heteroatoms. The van der Waals surface area contributed by atoms with Crippen LogP contribution in [0, 0.1) is 0 Å². The van der Waals surface area contributed by atoms with E-state index in [1.165, 1.54) is 0 Å². The van der Waals surface area contributed by atoms with E-state index in [1.807, 2.05) is 42.5 Å². The molecule has 6 nitrogen and oxygen atoms in total. The van der Waals surface area contributed by atoms with Crippen LogP contribution in [0.1, 0.15) is 11.3 Å². The van der Waals surface area contributed by atoms with E-state index < -0.39 is 0 Å². The number of benzene rings is 2. The second-order valence-corrected chi connectivity index (χ2v) is 6.92. The number of para-hydroxylation sites is 1. The third-order valence-corrected chi connectivity index (χ3v) is 4.99. The Balaban J connectivity index is 1.51. The van der Waals surface area contributed by atoms with Crippen LogP contribution in [0.15, 0.2) is 54.6 Å². The van der Waals surface area contributed by atoms with E-state index in [1.54, 1.807) is 0 Å². The number of rotatable bonds is 4. The van der Waals surface area contributed by atoms with Crippen molar-refractivity contribution in [2.24, 2.45) is 0 Å². The minimum Gasteiger partial charge on any atom is -0.350 e. The van der Waals surface area contributed by atoms with E-state index >= 15 is 0 Å². The summed E-state index contributed by atoms with van der Waals surface area (Å²) in [5.41, 5.74) is 4.01. The molecule has 0 amide bonds. The number of nitrogens with zero attached hydrogens (tertiary/aromatic N) is 4. The molecule has 1 aliphatic heterocycles. The number of hydrogen-bond acceptors (Lipinski definition) is 5. The van der Waals surface area contributed by atoms with Gasteiger partial charge in [0.05, 0.1) is 11.1 Å². The van der Waals surface area contributed by atoms with E-state index in [9.17, 15) is 0 Å². The molecule has 0 atom stereocenters. The smallest absolute Gasteiger partial charge is 0.227 e. The lowest BCUT2D eigenvalue weighted by Crippen LogP contribution is -2.25. The van der Waals surface area contributed by atoms with Crippen molar-refractivity contribution in [2.45, 2.75) is 13.0 Å². The summed E-state index contributed by atoms with van der Waals surface area (Å²) >= 11 is 5.96. The van der Waals surface area contributed by atoms with Gasteiger partial charge in [0, 0.05) is 30.2 Å². The molecule has 0 fully saturated rings. The normalized spacial score (nSPS) is 13.1. The Morgan fingerprint density at radius 2 is 1.85 bits per heavy atom. The Kier molecular flexibility index (Phi) is 3.90. The molecule has 0 bridgehead atoms. The molecular weight excluding hydrogens is 360 g/mol. The van der Waals surface area contributed by atoms with Crippen LogP contribution >= 0.6 is 11.6 Å². The third kappa shape index (κ3) is 2.98. The highest BCUT2D eigenvalue weighted by atomic mass is 35.5. The van der Waals surface area contributed by atoms with Gasteiger partial charge in [-0.2, -0.15) is 15.1 Å². The van der Waals surface area contributed by atoms with Crippen LogP contribution in [0.3, 0.4) is 0 Å². The summed E-state index contributed by atoms with van der Waals surface area (Å²) in [7, 11) is 0. The van der Waals surface area contributed by atoms with Gasteiger partial charge in [-0.05, 0) is 29.8 Å². The number of hydrogen-bond donors (Lipinski definition) is 2. The average molecular weight is 377 g/mol. The zero-order chi connectivity index (χ0) is 18.2. The molecule has 27 heavy (non-hydrogen) atoms. The number of nitrogens with one attached hydrogen (secondary N) is 2. The van der Waals surface area contributed by atoms with Crippen LogP contribution in [0.2, 0.25) is 5.02 Å². The Bertz CT molecular complexity index is 1090. The first kappa shape index (κ1) is 16.1. The molecule has 3 heterocycles. The average Bonchev–Trinajstić information content (AvgIpc) is 3.13. The second kappa shape index (κ2) is 6.55. The van der Waals surface area contributed by atoms with Gasteiger partial charge in [0.25, 0.3) is 0 Å². The molecule has 4 aromatic rings. The van der Waals surface area contributed by atoms with Crippen LogP contribution in [0.5, 0.6) is 0 Å². The zero-order valence-corrected chi connectivity index (χ0v) is 15.2. The molecule has 0 aliphatic carbocycles. The molecule has 5 rings (SSSR count). The second-order valence-electron chi connectivity index (χ2n) is 6.48. The van der Waals surface area contributed by atoms with E-state index in [-0.39, 0.29) is 0 Å². The van der Waals surface area contributed by atoms with E-state index in [4.69, 9.17) is 16.6 Å². The lowest BCUT2D eigenvalue weighted by molar-refractivity contribution is 0.850. The molecule has 0 radical (unpaired) electrons. The maximum absolute atomic E-state index is 5.96. The fourth-order valence-corrected chi connectivity index (χ4v) is 3.52. The molecule has 2 N–H and O–H groups in total. The van der Waals surface area contributed by atoms with Gasteiger partial charge in [-0.3, -0.25) is 5.10 Å². The summed E-state index contributed by atoms with van der Waals surface area (Å²) < 4.78 is 0. The monoisotopic (exact) mass is 376 g/mol. The lowest BCUT2D eigenvalue weighted by atomic mass is 10.1. The summed E-state index contributed by atoms with van der Waals surface area (Å²) in [6, 6.07) is 18.0. The van der Waals surface area contributed by atoms with Crippen LogP contribution in [-0.2, 0) is 13.0 Å². The SMILES string of the molecule is Clc1ccc(CNc2nc3c4c(n[nH]c4n2)CCN3c2ccccc2)cc1. The number of anilines is 3. The van der Waals surface area contributed by atoms with Crippen molar-refractivity contribution >= 4 is 40.1 Å². The van der Waals surface area contributed by atoms with Gasteiger partial charge >= 0.3 is 0 Å². The molecule has 1 aliphatic rings. The fraction of sp³-hybridized carbons (Fsp3) is 0.150. The van der Waals surface area contributed by atoms with Crippen LogP contribution in [0.4, 0.5) is 17.5 Å². The highest BCUT2D eigenvalue weighted by Gasteiger charge is 2.25. The van der Waals surface area contributed by atoms with Crippen molar-refractivity contribution in [1.29, 1.82) is 0 Å². The highest BCUT2D eigenvalue weighted by Crippen LogP contribution is 2.35. The van der Waals surface area contributed by atoms with Crippen molar-refractivity contribution in [3.05, 3.63) is 70.9 Å². The quantitative estimate of drug-likeness (QED) is 0.555. The van der Waals surface area contributed by atoms with Crippen LogP contribution < -0.4 is 10.2 Å². The summed E-state index contributed by atoms with van der Waals surface area (Å²) in [5.74, 6) is 1.46. The van der Waals surface area contributed by atoms with Gasteiger partial charge < -0.3 is 10.2 Å². The van der Waals surface area contributed by atoms with Crippen molar-refractivity contribution < 1.29 is 0 Å². The van der Waals surface area contributed by atoms with Crippen molar-refractivity contribution in [2.75, 3.05) is 16.8 Å². The van der Waals surface area contributed by atoms with Crippen molar-refractivity contribution in [1.82, 2.24) is 20.2 Å². The van der Waals surface area contributed by atoms with Gasteiger partial charge in [0.1, 0.15) is 5.82 Å². The summed E-state index contributed by atoms with van der Waals surface area (Å²) in [6.45, 7) is 1.46. The van der Waals surface area contributed by atoms with E-state index in [0.717, 1.165) is 51.8 Å². The number of aromatic nitrogens is 4.